The molecule has 0 atom stereocenters. The third kappa shape index (κ3) is 4.70. The molecule has 0 aromatic heterocycles. The largest absolute Gasteiger partial charge is 0.748 e. The molecule has 0 aromatic carbocycles. The fourth-order valence-corrected chi connectivity index (χ4v) is 6.16. The van der Waals surface area contributed by atoms with Gasteiger partial charge in [-0.25, -0.2) is 17.2 Å². The van der Waals surface area contributed by atoms with Gasteiger partial charge < -0.3 is 9.29 Å². The number of esters is 1. The maximum absolute atomic E-state index is 13.3. The minimum Gasteiger partial charge on any atom is -0.748 e. The van der Waals surface area contributed by atoms with E-state index >= 15 is 0 Å². The maximum Gasteiger partial charge on any atom is 0.312 e. The Morgan fingerprint density at radius 2 is 1.60 bits per heavy atom. The van der Waals surface area contributed by atoms with E-state index in [-0.39, 0.29) is 30.8 Å². The Kier molecular flexibility index (Phi) is 5.14. The molecule has 0 aromatic rings. The van der Waals surface area contributed by atoms with Crippen molar-refractivity contribution in [2.75, 3.05) is 12.4 Å². The predicted octanol–water partition coefficient (Wildman–Crippen LogP) is 3.10. The van der Waals surface area contributed by atoms with Gasteiger partial charge in [0, 0.05) is 6.42 Å². The van der Waals surface area contributed by atoms with Crippen LogP contribution in [0, 0.1) is 23.2 Å². The van der Waals surface area contributed by atoms with Crippen LogP contribution in [0.4, 0.5) is 8.78 Å². The van der Waals surface area contributed by atoms with Gasteiger partial charge in [0.05, 0.1) is 12.0 Å². The summed E-state index contributed by atoms with van der Waals surface area (Å²) in [5.74, 6) is -3.48. The number of rotatable bonds is 8. The van der Waals surface area contributed by atoms with Crippen molar-refractivity contribution in [3.05, 3.63) is 0 Å². The highest BCUT2D eigenvalue weighted by Crippen LogP contribution is 2.60. The predicted molar refractivity (Wildman–Crippen MR) is 84.9 cm³/mol. The van der Waals surface area contributed by atoms with E-state index in [1.165, 1.54) is 19.3 Å². The van der Waals surface area contributed by atoms with E-state index in [2.05, 4.69) is 0 Å². The van der Waals surface area contributed by atoms with Crippen molar-refractivity contribution < 1.29 is 31.3 Å². The standard InChI is InChI=1S/C17H26F2O5S/c18-17(19,11-25(21,22)23)3-1-2-4-24-15(20)16-8-12-5-13(9-16)7-14(6-12)10-16/h12-14H,1-11H2,(H,21,22,23)/p-1. The normalized spacial score (nSPS) is 34.3. The lowest BCUT2D eigenvalue weighted by molar-refractivity contribution is -0.171. The summed E-state index contributed by atoms with van der Waals surface area (Å²) in [6.07, 6.45) is 5.94. The van der Waals surface area contributed by atoms with Crippen LogP contribution in [0.2, 0.25) is 0 Å². The number of hydrogen-bond donors (Lipinski definition) is 0. The van der Waals surface area contributed by atoms with E-state index in [0.29, 0.717) is 17.8 Å². The first-order valence-electron chi connectivity index (χ1n) is 9.06. The van der Waals surface area contributed by atoms with Gasteiger partial charge in [-0.15, -0.1) is 0 Å². The lowest BCUT2D eigenvalue weighted by Gasteiger charge is -2.55. The summed E-state index contributed by atoms with van der Waals surface area (Å²) in [5, 5.41) is 0. The highest BCUT2D eigenvalue weighted by atomic mass is 32.2. The number of carbonyl (C=O) groups excluding carboxylic acids is 1. The van der Waals surface area contributed by atoms with Crippen LogP contribution in [0.1, 0.15) is 57.8 Å². The van der Waals surface area contributed by atoms with Gasteiger partial charge in [0.25, 0.3) is 5.92 Å². The second kappa shape index (κ2) is 6.76. The molecule has 25 heavy (non-hydrogen) atoms. The zero-order valence-electron chi connectivity index (χ0n) is 14.2. The molecule has 0 heterocycles. The van der Waals surface area contributed by atoms with Crippen molar-refractivity contribution in [1.29, 1.82) is 0 Å². The van der Waals surface area contributed by atoms with E-state index in [1.54, 1.807) is 0 Å². The molecule has 0 spiro atoms. The molecule has 144 valence electrons. The molecule has 0 unspecified atom stereocenters. The number of carbonyl (C=O) groups is 1. The Labute approximate surface area is 147 Å². The van der Waals surface area contributed by atoms with Crippen molar-refractivity contribution in [2.45, 2.75) is 63.7 Å². The van der Waals surface area contributed by atoms with E-state index in [1.807, 2.05) is 0 Å². The van der Waals surface area contributed by atoms with Gasteiger partial charge in [-0.05, 0) is 69.1 Å². The lowest BCUT2D eigenvalue weighted by atomic mass is 9.49. The average molecular weight is 379 g/mol. The Morgan fingerprint density at radius 3 is 2.08 bits per heavy atom. The van der Waals surface area contributed by atoms with E-state index in [4.69, 9.17) is 4.74 Å². The minimum absolute atomic E-state index is 0.0106. The first-order chi connectivity index (χ1) is 11.6. The first kappa shape index (κ1) is 19.0. The Hall–Kier alpha value is -0.760. The van der Waals surface area contributed by atoms with Crippen LogP contribution in [0.5, 0.6) is 0 Å². The summed E-state index contributed by atoms with van der Waals surface area (Å²) < 4.78 is 63.3. The zero-order valence-corrected chi connectivity index (χ0v) is 15.0. The fraction of sp³-hybridized carbons (Fsp3) is 0.941. The summed E-state index contributed by atoms with van der Waals surface area (Å²) in [5.41, 5.74) is -0.352. The smallest absolute Gasteiger partial charge is 0.312 e. The summed E-state index contributed by atoms with van der Waals surface area (Å²) >= 11 is 0. The quantitative estimate of drug-likeness (QED) is 0.368. The zero-order chi connectivity index (χ0) is 18.3. The molecule has 0 saturated heterocycles. The molecule has 0 N–H and O–H groups in total. The van der Waals surface area contributed by atoms with Gasteiger partial charge in [-0.2, -0.15) is 0 Å². The van der Waals surface area contributed by atoms with Crippen molar-refractivity contribution >= 4 is 16.1 Å². The number of unbranched alkanes of at least 4 members (excludes halogenated alkanes) is 1. The molecule has 0 amide bonds. The van der Waals surface area contributed by atoms with Gasteiger partial charge >= 0.3 is 5.97 Å². The second-order valence-corrected chi connectivity index (χ2v) is 9.75. The molecule has 0 aliphatic heterocycles. The number of halogens is 2. The van der Waals surface area contributed by atoms with Crippen molar-refractivity contribution in [1.82, 2.24) is 0 Å². The molecule has 4 fully saturated rings. The number of alkyl halides is 2. The minimum atomic E-state index is -4.95. The summed E-state index contributed by atoms with van der Waals surface area (Å²) in [4.78, 5) is 12.6. The summed E-state index contributed by atoms with van der Waals surface area (Å²) in [6, 6.07) is 0. The van der Waals surface area contributed by atoms with Crippen molar-refractivity contribution in [3.63, 3.8) is 0 Å². The van der Waals surface area contributed by atoms with Crippen LogP contribution < -0.4 is 0 Å². The molecule has 5 nitrogen and oxygen atoms in total. The fourth-order valence-electron chi connectivity index (χ4n) is 5.50. The highest BCUT2D eigenvalue weighted by Gasteiger charge is 2.55. The van der Waals surface area contributed by atoms with E-state index in [9.17, 15) is 26.5 Å². The summed E-state index contributed by atoms with van der Waals surface area (Å²) in [6.45, 7) is 0.0702. The van der Waals surface area contributed by atoms with Crippen LogP contribution in [-0.2, 0) is 19.6 Å². The Balaban J connectivity index is 1.40. The monoisotopic (exact) mass is 379 g/mol. The topological polar surface area (TPSA) is 83.5 Å². The van der Waals surface area contributed by atoms with Crippen LogP contribution in [-0.4, -0.2) is 37.2 Å². The maximum atomic E-state index is 13.3. The Morgan fingerprint density at radius 1 is 1.08 bits per heavy atom. The van der Waals surface area contributed by atoms with Crippen LogP contribution >= 0.6 is 0 Å². The third-order valence-corrected chi connectivity index (χ3v) is 6.81. The molecular weight excluding hydrogens is 354 g/mol. The van der Waals surface area contributed by atoms with Gasteiger partial charge in [-0.1, -0.05) is 0 Å². The molecule has 4 saturated carbocycles. The SMILES string of the molecule is O=C(OCCCCC(F)(F)CS(=O)(=O)[O-])C12CC3CC(CC(C3)C1)C2. The molecule has 0 radical (unpaired) electrons. The molecule has 8 heteroatoms. The van der Waals surface area contributed by atoms with Crippen LogP contribution in [0.25, 0.3) is 0 Å². The molecule has 4 rings (SSSR count). The van der Waals surface area contributed by atoms with Crippen molar-refractivity contribution in [3.8, 4) is 0 Å². The number of hydrogen-bond acceptors (Lipinski definition) is 5. The van der Waals surface area contributed by atoms with Crippen LogP contribution in [0.15, 0.2) is 0 Å². The second-order valence-electron chi connectivity index (χ2n) is 8.35. The Bertz CT molecular complexity index is 581. The number of ether oxygens (including phenoxy) is 1. The lowest BCUT2D eigenvalue weighted by Crippen LogP contribution is -2.50. The molecular formula is C17H25F2O5S-. The van der Waals surface area contributed by atoms with E-state index < -0.39 is 28.2 Å². The average Bonchev–Trinajstić information content (AvgIpc) is 2.42. The highest BCUT2D eigenvalue weighted by molar-refractivity contribution is 7.85. The van der Waals surface area contributed by atoms with Gasteiger partial charge in [0.1, 0.15) is 15.9 Å². The van der Waals surface area contributed by atoms with Gasteiger partial charge in [0.2, 0.25) is 0 Å². The van der Waals surface area contributed by atoms with Gasteiger partial charge in [-0.3, -0.25) is 4.79 Å². The van der Waals surface area contributed by atoms with Crippen molar-refractivity contribution in [2.24, 2.45) is 23.2 Å². The van der Waals surface area contributed by atoms with Crippen LogP contribution in [0.3, 0.4) is 0 Å². The molecule has 4 bridgehead atoms. The summed E-state index contributed by atoms with van der Waals surface area (Å²) in [7, 11) is -4.95. The first-order valence-corrected chi connectivity index (χ1v) is 10.6. The van der Waals surface area contributed by atoms with E-state index in [0.717, 1.165) is 19.3 Å². The molecule has 4 aliphatic rings. The third-order valence-electron chi connectivity index (χ3n) is 6.03. The van der Waals surface area contributed by atoms with Gasteiger partial charge in [0.15, 0.2) is 0 Å². The molecule has 4 aliphatic carbocycles.